The third kappa shape index (κ3) is 6.65. The van der Waals surface area contributed by atoms with E-state index in [0.717, 1.165) is 16.4 Å². The molecule has 0 unspecified atom stereocenters. The lowest BCUT2D eigenvalue weighted by molar-refractivity contribution is -0.118. The first-order valence-electron chi connectivity index (χ1n) is 7.58. The topological polar surface area (TPSA) is 47.6 Å². The van der Waals surface area contributed by atoms with Crippen molar-refractivity contribution >= 4 is 17.7 Å². The number of ether oxygens (including phenoxy) is 2. The fraction of sp³-hybridized carbons (Fsp3) is 0.278. The molecule has 0 saturated heterocycles. The van der Waals surface area contributed by atoms with E-state index in [4.69, 9.17) is 9.47 Å². The van der Waals surface area contributed by atoms with E-state index in [9.17, 15) is 4.79 Å². The van der Waals surface area contributed by atoms with Gasteiger partial charge in [0.15, 0.2) is 0 Å². The molecule has 0 saturated carbocycles. The molecule has 0 radical (unpaired) electrons. The molecule has 2 aromatic carbocycles. The third-order valence-electron chi connectivity index (χ3n) is 2.94. The summed E-state index contributed by atoms with van der Waals surface area (Å²) >= 11 is 1.52. The van der Waals surface area contributed by atoms with Crippen LogP contribution in [-0.4, -0.2) is 31.4 Å². The van der Waals surface area contributed by atoms with Crippen LogP contribution in [0.3, 0.4) is 0 Å². The van der Waals surface area contributed by atoms with Gasteiger partial charge in [0, 0.05) is 4.90 Å². The van der Waals surface area contributed by atoms with Crippen LogP contribution in [0.15, 0.2) is 59.5 Å². The van der Waals surface area contributed by atoms with Crippen molar-refractivity contribution in [1.29, 1.82) is 0 Å². The van der Waals surface area contributed by atoms with E-state index >= 15 is 0 Å². The number of hydrogen-bond donors (Lipinski definition) is 1. The second-order valence-electron chi connectivity index (χ2n) is 4.70. The molecular formula is C18H21NO3S. The van der Waals surface area contributed by atoms with Crippen molar-refractivity contribution in [2.75, 3.05) is 25.5 Å². The maximum absolute atomic E-state index is 11.7. The Morgan fingerprint density at radius 2 is 1.65 bits per heavy atom. The number of hydrogen-bond acceptors (Lipinski definition) is 4. The highest BCUT2D eigenvalue weighted by Gasteiger charge is 2.02. The van der Waals surface area contributed by atoms with E-state index in [0.29, 0.717) is 25.5 Å². The van der Waals surface area contributed by atoms with Crippen molar-refractivity contribution in [2.45, 2.75) is 11.8 Å². The van der Waals surface area contributed by atoms with Gasteiger partial charge in [0.2, 0.25) is 5.91 Å². The first kappa shape index (κ1) is 17.2. The number of thioether (sulfide) groups is 1. The van der Waals surface area contributed by atoms with Gasteiger partial charge in [-0.25, -0.2) is 0 Å². The minimum Gasteiger partial charge on any atom is -0.494 e. The van der Waals surface area contributed by atoms with Crippen LogP contribution in [0.5, 0.6) is 11.5 Å². The zero-order valence-corrected chi connectivity index (χ0v) is 14.0. The predicted molar refractivity (Wildman–Crippen MR) is 93.3 cm³/mol. The Kier molecular flexibility index (Phi) is 7.33. The summed E-state index contributed by atoms with van der Waals surface area (Å²) in [5, 5.41) is 2.85. The van der Waals surface area contributed by atoms with Gasteiger partial charge in [-0.05, 0) is 43.3 Å². The van der Waals surface area contributed by atoms with Gasteiger partial charge in [-0.2, -0.15) is 0 Å². The Morgan fingerprint density at radius 1 is 1.00 bits per heavy atom. The number of carbonyl (C=O) groups excluding carboxylic acids is 1. The van der Waals surface area contributed by atoms with Crippen LogP contribution in [0.2, 0.25) is 0 Å². The van der Waals surface area contributed by atoms with Crippen LogP contribution in [0, 0.1) is 0 Å². The summed E-state index contributed by atoms with van der Waals surface area (Å²) in [6.07, 6.45) is 0. The van der Waals surface area contributed by atoms with Gasteiger partial charge in [-0.15, -0.1) is 11.8 Å². The van der Waals surface area contributed by atoms with E-state index < -0.39 is 0 Å². The zero-order chi connectivity index (χ0) is 16.3. The minimum absolute atomic E-state index is 0.00847. The highest BCUT2D eigenvalue weighted by atomic mass is 32.2. The molecule has 4 nitrogen and oxygen atoms in total. The molecule has 0 aliphatic carbocycles. The Hall–Kier alpha value is -2.14. The van der Waals surface area contributed by atoms with E-state index in [2.05, 4.69) is 5.32 Å². The van der Waals surface area contributed by atoms with E-state index in [1.54, 1.807) is 0 Å². The van der Waals surface area contributed by atoms with Crippen molar-refractivity contribution in [3.8, 4) is 11.5 Å². The molecule has 0 bridgehead atoms. The molecule has 0 spiro atoms. The summed E-state index contributed by atoms with van der Waals surface area (Å²) in [4.78, 5) is 12.8. The van der Waals surface area contributed by atoms with Crippen molar-refractivity contribution in [2.24, 2.45) is 0 Å². The lowest BCUT2D eigenvalue weighted by atomic mass is 10.3. The van der Waals surface area contributed by atoms with Crippen LogP contribution < -0.4 is 14.8 Å². The zero-order valence-electron chi connectivity index (χ0n) is 13.2. The molecule has 0 aliphatic heterocycles. The molecule has 1 amide bonds. The summed E-state index contributed by atoms with van der Waals surface area (Å²) in [7, 11) is 0. The Bertz CT molecular complexity index is 587. The van der Waals surface area contributed by atoms with Crippen molar-refractivity contribution < 1.29 is 14.3 Å². The summed E-state index contributed by atoms with van der Waals surface area (Å²) < 4.78 is 10.9. The fourth-order valence-corrected chi connectivity index (χ4v) is 2.62. The van der Waals surface area contributed by atoms with Crippen LogP contribution in [0.25, 0.3) is 0 Å². The average molecular weight is 331 g/mol. The van der Waals surface area contributed by atoms with Gasteiger partial charge in [0.25, 0.3) is 0 Å². The van der Waals surface area contributed by atoms with Crippen LogP contribution in [-0.2, 0) is 4.79 Å². The molecule has 23 heavy (non-hydrogen) atoms. The maximum Gasteiger partial charge on any atom is 0.230 e. The van der Waals surface area contributed by atoms with Gasteiger partial charge < -0.3 is 14.8 Å². The largest absolute Gasteiger partial charge is 0.494 e. The second kappa shape index (κ2) is 9.79. The predicted octanol–water partition coefficient (Wildman–Crippen LogP) is 3.37. The Balaban J connectivity index is 1.60. The number of nitrogens with one attached hydrogen (secondary N) is 1. The highest BCUT2D eigenvalue weighted by molar-refractivity contribution is 8.00. The standard InChI is InChI=1S/C18H21NO3S/c1-2-21-15-8-10-16(11-9-15)22-13-12-19-18(20)14-23-17-6-4-3-5-7-17/h3-11H,2,12-14H2,1H3,(H,19,20). The Morgan fingerprint density at radius 3 is 2.30 bits per heavy atom. The number of amides is 1. The Labute approximate surface area is 141 Å². The molecule has 1 N–H and O–H groups in total. The molecule has 0 aliphatic rings. The average Bonchev–Trinajstić information content (AvgIpc) is 2.59. The molecule has 2 rings (SSSR count). The van der Waals surface area contributed by atoms with Crippen molar-refractivity contribution in [3.63, 3.8) is 0 Å². The van der Waals surface area contributed by atoms with Crippen LogP contribution in [0.1, 0.15) is 6.92 Å². The van der Waals surface area contributed by atoms with Crippen LogP contribution >= 0.6 is 11.8 Å². The third-order valence-corrected chi connectivity index (χ3v) is 3.95. The van der Waals surface area contributed by atoms with Gasteiger partial charge in [0.1, 0.15) is 18.1 Å². The summed E-state index contributed by atoms with van der Waals surface area (Å²) in [6, 6.07) is 17.3. The van der Waals surface area contributed by atoms with E-state index in [1.165, 1.54) is 11.8 Å². The molecule has 122 valence electrons. The van der Waals surface area contributed by atoms with Crippen molar-refractivity contribution in [1.82, 2.24) is 5.32 Å². The molecule has 2 aromatic rings. The summed E-state index contributed by atoms with van der Waals surface area (Å²) in [6.45, 7) is 3.52. The smallest absolute Gasteiger partial charge is 0.230 e. The van der Waals surface area contributed by atoms with Gasteiger partial charge in [-0.3, -0.25) is 4.79 Å². The van der Waals surface area contributed by atoms with E-state index in [1.807, 2.05) is 61.5 Å². The number of carbonyl (C=O) groups is 1. The van der Waals surface area contributed by atoms with Crippen LogP contribution in [0.4, 0.5) is 0 Å². The summed E-state index contributed by atoms with van der Waals surface area (Å²) in [5.41, 5.74) is 0. The molecule has 0 aromatic heterocycles. The molecule has 0 atom stereocenters. The lowest BCUT2D eigenvalue weighted by Gasteiger charge is -2.09. The fourth-order valence-electron chi connectivity index (χ4n) is 1.87. The molecular weight excluding hydrogens is 310 g/mol. The van der Waals surface area contributed by atoms with Gasteiger partial charge in [-0.1, -0.05) is 18.2 Å². The number of rotatable bonds is 9. The molecule has 0 heterocycles. The van der Waals surface area contributed by atoms with Gasteiger partial charge in [0.05, 0.1) is 18.9 Å². The highest BCUT2D eigenvalue weighted by Crippen LogP contribution is 2.17. The SMILES string of the molecule is CCOc1ccc(OCCNC(=O)CSc2ccccc2)cc1. The molecule has 5 heteroatoms. The normalized spacial score (nSPS) is 10.1. The van der Waals surface area contributed by atoms with Gasteiger partial charge >= 0.3 is 0 Å². The molecule has 0 fully saturated rings. The monoisotopic (exact) mass is 331 g/mol. The first-order chi connectivity index (χ1) is 11.3. The lowest BCUT2D eigenvalue weighted by Crippen LogP contribution is -2.29. The number of benzene rings is 2. The minimum atomic E-state index is 0.00847. The second-order valence-corrected chi connectivity index (χ2v) is 5.75. The van der Waals surface area contributed by atoms with Crippen molar-refractivity contribution in [3.05, 3.63) is 54.6 Å². The summed E-state index contributed by atoms with van der Waals surface area (Å²) in [5.74, 6) is 2.01. The van der Waals surface area contributed by atoms with E-state index in [-0.39, 0.29) is 5.91 Å². The quantitative estimate of drug-likeness (QED) is 0.565. The first-order valence-corrected chi connectivity index (χ1v) is 8.56. The maximum atomic E-state index is 11.7.